The first-order chi connectivity index (χ1) is 7.20. The number of hydrogen-bond donors (Lipinski definition) is 1. The summed E-state index contributed by atoms with van der Waals surface area (Å²) in [6, 6.07) is 1.27. The Morgan fingerprint density at radius 1 is 1.40 bits per heavy atom. The standard InChI is InChI=1S/C9H23NO3Si2/c1-12-9(11)5-7-10-6-3-4-8-15(2)13-14/h10,15H,3-8H2,1-2,14H3. The van der Waals surface area contributed by atoms with Crippen molar-refractivity contribution in [3.05, 3.63) is 0 Å². The van der Waals surface area contributed by atoms with Crippen LogP contribution in [0.3, 0.4) is 0 Å². The maximum absolute atomic E-state index is 10.8. The van der Waals surface area contributed by atoms with Crippen molar-refractivity contribution in [3.8, 4) is 0 Å². The van der Waals surface area contributed by atoms with Gasteiger partial charge in [0, 0.05) is 6.54 Å². The van der Waals surface area contributed by atoms with Crippen LogP contribution in [0, 0.1) is 0 Å². The zero-order valence-corrected chi connectivity index (χ0v) is 13.2. The predicted octanol–water partition coefficient (Wildman–Crippen LogP) is -0.430. The van der Waals surface area contributed by atoms with E-state index in [0.29, 0.717) is 6.42 Å². The van der Waals surface area contributed by atoms with Crippen LogP contribution in [0.5, 0.6) is 0 Å². The van der Waals surface area contributed by atoms with Crippen molar-refractivity contribution in [3.63, 3.8) is 0 Å². The lowest BCUT2D eigenvalue weighted by Crippen LogP contribution is -2.20. The highest BCUT2D eigenvalue weighted by Crippen LogP contribution is 2.00. The molecule has 0 rings (SSSR count). The molecule has 0 aromatic heterocycles. The summed E-state index contributed by atoms with van der Waals surface area (Å²) >= 11 is 0. The van der Waals surface area contributed by atoms with Crippen molar-refractivity contribution in [1.29, 1.82) is 0 Å². The quantitative estimate of drug-likeness (QED) is 0.342. The number of nitrogens with one attached hydrogen (secondary N) is 1. The number of hydrogen-bond acceptors (Lipinski definition) is 4. The van der Waals surface area contributed by atoms with Gasteiger partial charge in [0.1, 0.15) is 10.5 Å². The van der Waals surface area contributed by atoms with E-state index in [4.69, 9.17) is 4.12 Å². The smallest absolute Gasteiger partial charge is 0.306 e. The van der Waals surface area contributed by atoms with Crippen LogP contribution in [0.4, 0.5) is 0 Å². The highest BCUT2D eigenvalue weighted by Gasteiger charge is 2.01. The molecule has 0 saturated carbocycles. The molecule has 4 nitrogen and oxygen atoms in total. The largest absolute Gasteiger partial charge is 0.469 e. The van der Waals surface area contributed by atoms with Crippen molar-refractivity contribution >= 4 is 25.5 Å². The second kappa shape index (κ2) is 10.3. The SMILES string of the molecule is COC(=O)CCNCCCC[SiH](C)O[SiH3]. The fourth-order valence-corrected chi connectivity index (χ4v) is 3.02. The van der Waals surface area contributed by atoms with Crippen molar-refractivity contribution < 1.29 is 13.6 Å². The van der Waals surface area contributed by atoms with Crippen LogP contribution in [0.15, 0.2) is 0 Å². The molecular formula is C9H23NO3Si2. The highest BCUT2D eigenvalue weighted by atomic mass is 28.3. The Bertz CT molecular complexity index is 169. The van der Waals surface area contributed by atoms with Gasteiger partial charge in [0.2, 0.25) is 0 Å². The minimum Gasteiger partial charge on any atom is -0.469 e. The Labute approximate surface area is 97.0 Å². The second-order valence-electron chi connectivity index (χ2n) is 3.62. The van der Waals surface area contributed by atoms with Crippen molar-refractivity contribution in [2.75, 3.05) is 20.2 Å². The summed E-state index contributed by atoms with van der Waals surface area (Å²) < 4.78 is 9.96. The van der Waals surface area contributed by atoms with Gasteiger partial charge in [-0.15, -0.1) is 0 Å². The summed E-state index contributed by atoms with van der Waals surface area (Å²) in [5.74, 6) is -0.145. The van der Waals surface area contributed by atoms with Crippen LogP contribution in [0.25, 0.3) is 0 Å². The van der Waals surface area contributed by atoms with E-state index in [2.05, 4.69) is 16.6 Å². The van der Waals surface area contributed by atoms with Crippen LogP contribution in [-0.2, 0) is 13.6 Å². The van der Waals surface area contributed by atoms with E-state index >= 15 is 0 Å². The third kappa shape index (κ3) is 10.1. The molecule has 0 aliphatic carbocycles. The fraction of sp³-hybridized carbons (Fsp3) is 0.889. The topological polar surface area (TPSA) is 47.6 Å². The predicted molar refractivity (Wildman–Crippen MR) is 67.6 cm³/mol. The average molecular weight is 249 g/mol. The van der Waals surface area contributed by atoms with Crippen molar-refractivity contribution in [2.45, 2.75) is 31.9 Å². The summed E-state index contributed by atoms with van der Waals surface area (Å²) in [5.41, 5.74) is 0. The van der Waals surface area contributed by atoms with Gasteiger partial charge in [0.25, 0.3) is 0 Å². The van der Waals surface area contributed by atoms with Gasteiger partial charge >= 0.3 is 5.97 Å². The Kier molecular flexibility index (Phi) is 10.2. The van der Waals surface area contributed by atoms with Crippen molar-refractivity contribution in [2.24, 2.45) is 0 Å². The first-order valence-electron chi connectivity index (χ1n) is 5.51. The summed E-state index contributed by atoms with van der Waals surface area (Å²) in [7, 11) is 1.50. The van der Waals surface area contributed by atoms with Crippen LogP contribution < -0.4 is 5.32 Å². The fourth-order valence-electron chi connectivity index (χ4n) is 1.22. The maximum Gasteiger partial charge on any atom is 0.306 e. The third-order valence-corrected chi connectivity index (χ3v) is 6.79. The Morgan fingerprint density at radius 2 is 2.13 bits per heavy atom. The lowest BCUT2D eigenvalue weighted by atomic mass is 10.3. The molecule has 1 N–H and O–H groups in total. The first-order valence-corrected chi connectivity index (χ1v) is 8.77. The summed E-state index contributed by atoms with van der Waals surface area (Å²) in [4.78, 5) is 10.8. The van der Waals surface area contributed by atoms with E-state index in [-0.39, 0.29) is 5.97 Å². The van der Waals surface area contributed by atoms with Crippen LogP contribution >= 0.6 is 0 Å². The zero-order valence-electron chi connectivity index (χ0n) is 10.0. The van der Waals surface area contributed by atoms with E-state index in [1.165, 1.54) is 26.0 Å². The normalized spacial score (nSPS) is 12.7. The monoisotopic (exact) mass is 249 g/mol. The summed E-state index contributed by atoms with van der Waals surface area (Å²) in [6.07, 6.45) is 2.87. The Morgan fingerprint density at radius 3 is 2.73 bits per heavy atom. The Hall–Kier alpha value is -0.176. The van der Waals surface area contributed by atoms with Gasteiger partial charge < -0.3 is 14.2 Å². The van der Waals surface area contributed by atoms with Gasteiger partial charge in [-0.3, -0.25) is 4.79 Å². The number of carbonyl (C=O) groups is 1. The molecule has 0 heterocycles. The molecule has 0 radical (unpaired) electrons. The minimum atomic E-state index is -0.802. The summed E-state index contributed by atoms with van der Waals surface area (Å²) in [5, 5.41) is 3.22. The van der Waals surface area contributed by atoms with E-state index in [1.54, 1.807) is 0 Å². The van der Waals surface area contributed by atoms with E-state index in [9.17, 15) is 4.79 Å². The molecule has 0 amide bonds. The molecule has 0 bridgehead atoms. The van der Waals surface area contributed by atoms with E-state index in [1.807, 2.05) is 0 Å². The molecule has 6 heteroatoms. The van der Waals surface area contributed by atoms with Gasteiger partial charge in [-0.2, -0.15) is 0 Å². The molecular weight excluding hydrogens is 226 g/mol. The Balaban J connectivity index is 3.08. The van der Waals surface area contributed by atoms with E-state index in [0.717, 1.165) is 23.6 Å². The van der Waals surface area contributed by atoms with Crippen LogP contribution in [0.1, 0.15) is 19.3 Å². The zero-order chi connectivity index (χ0) is 11.5. The molecule has 0 aliphatic rings. The van der Waals surface area contributed by atoms with Crippen LogP contribution in [0.2, 0.25) is 12.6 Å². The molecule has 15 heavy (non-hydrogen) atoms. The van der Waals surface area contributed by atoms with Crippen LogP contribution in [-0.4, -0.2) is 45.7 Å². The molecule has 0 aliphatic heterocycles. The number of esters is 1. The molecule has 0 fully saturated rings. The minimum absolute atomic E-state index is 0.145. The molecule has 0 aromatic carbocycles. The number of rotatable bonds is 9. The maximum atomic E-state index is 10.8. The second-order valence-corrected chi connectivity index (χ2v) is 7.70. The van der Waals surface area contributed by atoms with Crippen molar-refractivity contribution in [1.82, 2.24) is 5.32 Å². The number of methoxy groups -OCH3 is 1. The van der Waals surface area contributed by atoms with Gasteiger partial charge in [-0.25, -0.2) is 0 Å². The number of ether oxygens (including phenoxy) is 1. The van der Waals surface area contributed by atoms with Gasteiger partial charge in [-0.05, 0) is 25.6 Å². The number of carbonyl (C=O) groups excluding carboxylic acids is 1. The average Bonchev–Trinajstić information content (AvgIpc) is 2.26. The molecule has 1 atom stereocenters. The third-order valence-electron chi connectivity index (χ3n) is 2.35. The highest BCUT2D eigenvalue weighted by molar-refractivity contribution is 6.54. The first kappa shape index (κ1) is 14.8. The molecule has 1 unspecified atom stereocenters. The lowest BCUT2D eigenvalue weighted by molar-refractivity contribution is -0.140. The van der Waals surface area contributed by atoms with Gasteiger partial charge in [-0.1, -0.05) is 6.42 Å². The van der Waals surface area contributed by atoms with E-state index < -0.39 is 9.04 Å². The number of unbranched alkanes of at least 4 members (excludes halogenated alkanes) is 1. The molecule has 90 valence electrons. The molecule has 0 aromatic rings. The summed E-state index contributed by atoms with van der Waals surface area (Å²) in [6.45, 7) is 3.95. The lowest BCUT2D eigenvalue weighted by Gasteiger charge is -2.07. The van der Waals surface area contributed by atoms with Gasteiger partial charge in [0.05, 0.1) is 13.5 Å². The molecule has 0 saturated heterocycles. The molecule has 0 spiro atoms. The van der Waals surface area contributed by atoms with Gasteiger partial charge in [0.15, 0.2) is 9.04 Å².